The van der Waals surface area contributed by atoms with E-state index in [4.69, 9.17) is 16.6 Å². The molecule has 162 valence electrons. The number of thioether (sulfide) groups is 1. The lowest BCUT2D eigenvalue weighted by atomic mass is 9.99. The Kier molecular flexibility index (Phi) is 7.09. The lowest BCUT2D eigenvalue weighted by Gasteiger charge is -2.13. The van der Waals surface area contributed by atoms with E-state index < -0.39 is 0 Å². The number of amides is 1. The predicted octanol–water partition coefficient (Wildman–Crippen LogP) is 6.98. The number of benzene rings is 3. The van der Waals surface area contributed by atoms with Gasteiger partial charge in [0, 0.05) is 21.8 Å². The summed E-state index contributed by atoms with van der Waals surface area (Å²) in [5.41, 5.74) is 5.53. The summed E-state index contributed by atoms with van der Waals surface area (Å²) in [6, 6.07) is 29.0. The molecule has 33 heavy (non-hydrogen) atoms. The number of carbonyl (C=O) groups excluding carboxylic acids is 1. The van der Waals surface area contributed by atoms with Crippen LogP contribution in [0.2, 0.25) is 5.02 Å². The second-order valence-corrected chi connectivity index (χ2v) is 8.83. The number of hydrogen-bond acceptors (Lipinski definition) is 4. The minimum atomic E-state index is -0.158. The Morgan fingerprint density at radius 1 is 1.00 bits per heavy atom. The summed E-state index contributed by atoms with van der Waals surface area (Å²) in [5, 5.41) is 14.0. The van der Waals surface area contributed by atoms with Crippen molar-refractivity contribution in [1.82, 2.24) is 4.98 Å². The van der Waals surface area contributed by atoms with Crippen LogP contribution in [0.4, 0.5) is 5.69 Å². The smallest absolute Gasteiger partial charge is 0.234 e. The van der Waals surface area contributed by atoms with E-state index in [0.29, 0.717) is 15.6 Å². The van der Waals surface area contributed by atoms with Crippen LogP contribution in [-0.2, 0) is 4.79 Å². The number of anilines is 1. The molecule has 0 radical (unpaired) electrons. The highest BCUT2D eigenvalue weighted by Gasteiger charge is 2.17. The average molecular weight is 470 g/mol. The molecule has 0 saturated carbocycles. The number of halogens is 1. The minimum Gasteiger partial charge on any atom is -0.325 e. The van der Waals surface area contributed by atoms with Gasteiger partial charge in [0.1, 0.15) is 11.1 Å². The van der Waals surface area contributed by atoms with Gasteiger partial charge in [0.25, 0.3) is 0 Å². The molecule has 0 bridgehead atoms. The van der Waals surface area contributed by atoms with Crippen molar-refractivity contribution in [2.24, 2.45) is 0 Å². The van der Waals surface area contributed by atoms with Crippen LogP contribution in [0.1, 0.15) is 11.1 Å². The SMILES string of the molecule is Cc1cccc(NC(=O)CSc2nc(-c3ccccc3)cc(-c3ccc(Cl)cc3)c2C#N)c1. The van der Waals surface area contributed by atoms with Gasteiger partial charge in [0.2, 0.25) is 5.91 Å². The molecule has 1 N–H and O–H groups in total. The van der Waals surface area contributed by atoms with E-state index in [1.165, 1.54) is 11.8 Å². The first-order valence-electron chi connectivity index (χ1n) is 10.3. The van der Waals surface area contributed by atoms with Crippen molar-refractivity contribution in [3.8, 4) is 28.5 Å². The highest BCUT2D eigenvalue weighted by Crippen LogP contribution is 2.34. The molecule has 3 aromatic carbocycles. The maximum atomic E-state index is 12.6. The molecule has 0 fully saturated rings. The first kappa shape index (κ1) is 22.6. The zero-order chi connectivity index (χ0) is 23.2. The third-order valence-corrected chi connectivity index (χ3v) is 6.19. The summed E-state index contributed by atoms with van der Waals surface area (Å²) in [4.78, 5) is 17.3. The van der Waals surface area contributed by atoms with Crippen molar-refractivity contribution in [3.63, 3.8) is 0 Å². The van der Waals surface area contributed by atoms with Gasteiger partial charge >= 0.3 is 0 Å². The number of nitrogens with one attached hydrogen (secondary N) is 1. The summed E-state index contributed by atoms with van der Waals surface area (Å²) in [6.45, 7) is 1.97. The van der Waals surface area contributed by atoms with Crippen molar-refractivity contribution in [2.75, 3.05) is 11.1 Å². The van der Waals surface area contributed by atoms with Crippen LogP contribution in [0.15, 0.2) is 90.0 Å². The first-order chi connectivity index (χ1) is 16.0. The fourth-order valence-electron chi connectivity index (χ4n) is 3.40. The maximum absolute atomic E-state index is 12.6. The Hall–Kier alpha value is -3.59. The summed E-state index contributed by atoms with van der Waals surface area (Å²) >= 11 is 7.32. The van der Waals surface area contributed by atoms with Gasteiger partial charge in [-0.3, -0.25) is 4.79 Å². The van der Waals surface area contributed by atoms with E-state index in [9.17, 15) is 10.1 Å². The molecule has 4 aromatic rings. The third kappa shape index (κ3) is 5.61. The number of pyridine rings is 1. The molecule has 1 heterocycles. The zero-order valence-electron chi connectivity index (χ0n) is 17.9. The van der Waals surface area contributed by atoms with E-state index in [1.54, 1.807) is 12.1 Å². The van der Waals surface area contributed by atoms with Gasteiger partial charge in [-0.2, -0.15) is 5.26 Å². The normalized spacial score (nSPS) is 10.5. The first-order valence-corrected chi connectivity index (χ1v) is 11.7. The lowest BCUT2D eigenvalue weighted by Crippen LogP contribution is -2.14. The molecule has 0 aliphatic heterocycles. The number of hydrogen-bond donors (Lipinski definition) is 1. The third-order valence-electron chi connectivity index (χ3n) is 4.96. The number of nitriles is 1. The van der Waals surface area contributed by atoms with Crippen LogP contribution in [0.3, 0.4) is 0 Å². The Labute approximate surface area is 202 Å². The number of carbonyl (C=O) groups is 1. The quantitative estimate of drug-likeness (QED) is 0.309. The molecule has 4 rings (SSSR count). The van der Waals surface area contributed by atoms with Gasteiger partial charge in [-0.1, -0.05) is 78.0 Å². The summed E-state index contributed by atoms with van der Waals surface area (Å²) < 4.78 is 0. The van der Waals surface area contributed by atoms with Crippen molar-refractivity contribution in [3.05, 3.63) is 101 Å². The number of rotatable bonds is 6. The molecule has 4 nitrogen and oxygen atoms in total. The number of aryl methyl sites for hydroxylation is 1. The van der Waals surface area contributed by atoms with Gasteiger partial charge in [-0.05, 0) is 48.4 Å². The van der Waals surface area contributed by atoms with Gasteiger partial charge in [-0.15, -0.1) is 0 Å². The van der Waals surface area contributed by atoms with Gasteiger partial charge in [0.15, 0.2) is 0 Å². The Morgan fingerprint density at radius 2 is 1.76 bits per heavy atom. The van der Waals surface area contributed by atoms with Crippen LogP contribution in [0.25, 0.3) is 22.4 Å². The predicted molar refractivity (Wildman–Crippen MR) is 135 cm³/mol. The van der Waals surface area contributed by atoms with E-state index in [1.807, 2.05) is 79.7 Å². The van der Waals surface area contributed by atoms with Crippen LogP contribution < -0.4 is 5.32 Å². The Balaban J connectivity index is 1.68. The summed E-state index contributed by atoms with van der Waals surface area (Å²) in [6.07, 6.45) is 0. The summed E-state index contributed by atoms with van der Waals surface area (Å²) in [5.74, 6) is -0.0251. The van der Waals surface area contributed by atoms with Gasteiger partial charge in [0.05, 0.1) is 17.0 Å². The molecule has 0 unspecified atom stereocenters. The van der Waals surface area contributed by atoms with Crippen molar-refractivity contribution in [2.45, 2.75) is 11.9 Å². The molecular formula is C27H20ClN3OS. The van der Waals surface area contributed by atoms with Gasteiger partial charge < -0.3 is 5.32 Å². The Bertz CT molecular complexity index is 1330. The van der Waals surface area contributed by atoms with Crippen LogP contribution >= 0.6 is 23.4 Å². The highest BCUT2D eigenvalue weighted by atomic mass is 35.5. The fourth-order valence-corrected chi connectivity index (χ4v) is 4.33. The van der Waals surface area contributed by atoms with Crippen LogP contribution in [0.5, 0.6) is 0 Å². The monoisotopic (exact) mass is 469 g/mol. The summed E-state index contributed by atoms with van der Waals surface area (Å²) in [7, 11) is 0. The minimum absolute atomic E-state index is 0.133. The van der Waals surface area contributed by atoms with E-state index in [0.717, 1.165) is 33.6 Å². The number of nitrogens with zero attached hydrogens (tertiary/aromatic N) is 2. The van der Waals surface area contributed by atoms with Crippen molar-refractivity contribution < 1.29 is 4.79 Å². The van der Waals surface area contributed by atoms with Crippen LogP contribution in [0, 0.1) is 18.3 Å². The molecule has 0 saturated heterocycles. The van der Waals surface area contributed by atoms with E-state index in [2.05, 4.69) is 11.4 Å². The van der Waals surface area contributed by atoms with E-state index >= 15 is 0 Å². The zero-order valence-corrected chi connectivity index (χ0v) is 19.5. The van der Waals surface area contributed by atoms with Crippen molar-refractivity contribution in [1.29, 1.82) is 5.26 Å². The molecule has 0 aliphatic rings. The molecule has 6 heteroatoms. The molecule has 1 aromatic heterocycles. The lowest BCUT2D eigenvalue weighted by molar-refractivity contribution is -0.113. The van der Waals surface area contributed by atoms with Crippen molar-refractivity contribution >= 4 is 35.0 Å². The maximum Gasteiger partial charge on any atom is 0.234 e. The number of aromatic nitrogens is 1. The second-order valence-electron chi connectivity index (χ2n) is 7.43. The average Bonchev–Trinajstić information content (AvgIpc) is 2.83. The van der Waals surface area contributed by atoms with Gasteiger partial charge in [-0.25, -0.2) is 4.98 Å². The fraction of sp³-hybridized carbons (Fsp3) is 0.0741. The van der Waals surface area contributed by atoms with E-state index in [-0.39, 0.29) is 11.7 Å². The second kappa shape index (κ2) is 10.4. The standard InChI is InChI=1S/C27H20ClN3OS/c1-18-6-5-9-22(14-18)30-26(32)17-33-27-24(16-29)23(19-10-12-21(28)13-11-19)15-25(31-27)20-7-3-2-4-8-20/h2-15H,17H2,1H3,(H,30,32). The Morgan fingerprint density at radius 3 is 2.45 bits per heavy atom. The topological polar surface area (TPSA) is 65.8 Å². The molecule has 1 amide bonds. The largest absolute Gasteiger partial charge is 0.325 e. The molecule has 0 aliphatic carbocycles. The highest BCUT2D eigenvalue weighted by molar-refractivity contribution is 8.00. The van der Waals surface area contributed by atoms with Crippen LogP contribution in [-0.4, -0.2) is 16.6 Å². The molecular weight excluding hydrogens is 450 g/mol. The molecule has 0 spiro atoms. The molecule has 0 atom stereocenters.